The molecule has 4 heterocycles. The Kier molecular flexibility index (Phi) is 16.1. The smallest absolute Gasteiger partial charge is 0.293 e. The van der Waals surface area contributed by atoms with E-state index in [2.05, 4.69) is 42.5 Å². The molecule has 1 atom stereocenters. The van der Waals surface area contributed by atoms with Crippen molar-refractivity contribution in [1.82, 2.24) is 19.9 Å². The van der Waals surface area contributed by atoms with Crippen LogP contribution >= 0.6 is 22.7 Å². The summed E-state index contributed by atoms with van der Waals surface area (Å²) in [6.07, 6.45) is 6.74. The average molecular weight is 631 g/mol. The van der Waals surface area contributed by atoms with E-state index in [9.17, 15) is 14.4 Å². The fourth-order valence-corrected chi connectivity index (χ4v) is 5.64. The van der Waals surface area contributed by atoms with E-state index >= 15 is 0 Å². The molecule has 0 unspecified atom stereocenters. The SMILES string of the molecule is CCC[C@H]1C/C(=N/OCC(=O)CC)CCN1C=O.CCOC=O.Cc1ccc(Nc2nc(-c3sc(C)nc3C)cs2)nc1. The second-order valence-electron chi connectivity index (χ2n) is 9.65. The molecule has 1 aliphatic heterocycles. The molecule has 0 saturated carbocycles. The van der Waals surface area contributed by atoms with Crippen LogP contribution in [0.25, 0.3) is 10.6 Å². The molecule has 3 aromatic heterocycles. The van der Waals surface area contributed by atoms with Gasteiger partial charge in [0.15, 0.2) is 17.5 Å². The standard InChI is InChI=1S/C14H14N4S2.C13H22N2O3.C3H6O2/c1-8-4-5-12(15-6-8)18-14-17-11(7-19-14)13-9(2)16-10(3)20-13;1-3-5-12-8-11(6-7-15(12)10-16)14-18-9-13(17)4-2;1-2-5-3-4/h4-7H,1-3H3,(H,15,17,18);10,12H,3-9H2,1-2H3;3H,2H2,1H3/b;14-11+;/t;12-;/m.0./s1. The van der Waals surface area contributed by atoms with E-state index in [-0.39, 0.29) is 18.4 Å². The van der Waals surface area contributed by atoms with Gasteiger partial charge in [0.05, 0.1) is 33.6 Å². The second-order valence-corrected chi connectivity index (χ2v) is 11.7. The highest BCUT2D eigenvalue weighted by Crippen LogP contribution is 2.32. The third kappa shape index (κ3) is 12.6. The number of hydrogen-bond donors (Lipinski definition) is 1. The molecule has 234 valence electrons. The van der Waals surface area contributed by atoms with Crippen LogP contribution in [0.15, 0.2) is 28.9 Å². The third-order valence-corrected chi connectivity index (χ3v) is 8.04. The van der Waals surface area contributed by atoms with Crippen LogP contribution in [0.2, 0.25) is 0 Å². The van der Waals surface area contributed by atoms with Crippen LogP contribution in [0.3, 0.4) is 0 Å². The van der Waals surface area contributed by atoms with Gasteiger partial charge in [-0.15, -0.1) is 22.7 Å². The van der Waals surface area contributed by atoms with Crippen molar-refractivity contribution in [1.29, 1.82) is 0 Å². The number of carbonyl (C=O) groups is 3. The van der Waals surface area contributed by atoms with Gasteiger partial charge in [-0.05, 0) is 45.7 Å². The van der Waals surface area contributed by atoms with Crippen LogP contribution < -0.4 is 5.32 Å². The molecule has 43 heavy (non-hydrogen) atoms. The molecule has 0 radical (unpaired) electrons. The van der Waals surface area contributed by atoms with Gasteiger partial charge in [0.2, 0.25) is 6.41 Å². The Morgan fingerprint density at radius 2 is 1.98 bits per heavy atom. The Labute approximate surface area is 261 Å². The number of thiazole rings is 2. The van der Waals surface area contributed by atoms with Crippen LogP contribution in [0.4, 0.5) is 10.9 Å². The molecule has 0 bridgehead atoms. The number of anilines is 2. The number of hydrogen-bond acceptors (Lipinski definition) is 12. The van der Waals surface area contributed by atoms with Crippen LogP contribution in [0, 0.1) is 20.8 Å². The van der Waals surface area contributed by atoms with E-state index in [1.807, 2.05) is 44.0 Å². The van der Waals surface area contributed by atoms with E-state index in [4.69, 9.17) is 4.84 Å². The highest BCUT2D eigenvalue weighted by molar-refractivity contribution is 7.16. The number of ketones is 1. The zero-order valence-electron chi connectivity index (χ0n) is 25.8. The number of aryl methyl sites for hydroxylation is 3. The first-order valence-corrected chi connectivity index (χ1v) is 16.0. The van der Waals surface area contributed by atoms with E-state index in [1.165, 1.54) is 0 Å². The van der Waals surface area contributed by atoms with Gasteiger partial charge in [0, 0.05) is 43.4 Å². The van der Waals surface area contributed by atoms with Crippen molar-refractivity contribution in [3.05, 3.63) is 40.0 Å². The topological polar surface area (TPSA) is 136 Å². The van der Waals surface area contributed by atoms with Gasteiger partial charge in [0.1, 0.15) is 5.82 Å². The van der Waals surface area contributed by atoms with Gasteiger partial charge in [-0.1, -0.05) is 31.5 Å². The van der Waals surface area contributed by atoms with Crippen molar-refractivity contribution in [2.45, 2.75) is 79.7 Å². The van der Waals surface area contributed by atoms with Crippen molar-refractivity contribution in [2.24, 2.45) is 5.16 Å². The van der Waals surface area contributed by atoms with Gasteiger partial charge in [0.25, 0.3) is 6.47 Å². The number of Topliss-reactive ketones (excluding diaryl/α,β-unsaturated/α-hetero) is 1. The fourth-order valence-electron chi connectivity index (χ4n) is 3.98. The minimum Gasteiger partial charge on any atom is -0.468 e. The monoisotopic (exact) mass is 630 g/mol. The van der Waals surface area contributed by atoms with Crippen molar-refractivity contribution >= 4 is 58.0 Å². The van der Waals surface area contributed by atoms with Gasteiger partial charge in [-0.3, -0.25) is 14.4 Å². The number of piperidine rings is 1. The predicted octanol–water partition coefficient (Wildman–Crippen LogP) is 6.27. The molecule has 0 aliphatic carbocycles. The maximum Gasteiger partial charge on any atom is 0.293 e. The lowest BCUT2D eigenvalue weighted by atomic mass is 9.97. The van der Waals surface area contributed by atoms with Gasteiger partial charge >= 0.3 is 0 Å². The van der Waals surface area contributed by atoms with Crippen molar-refractivity contribution in [2.75, 3.05) is 25.1 Å². The summed E-state index contributed by atoms with van der Waals surface area (Å²) < 4.78 is 4.15. The molecule has 4 rings (SSSR count). The Morgan fingerprint density at radius 1 is 1.19 bits per heavy atom. The summed E-state index contributed by atoms with van der Waals surface area (Å²) >= 11 is 3.26. The van der Waals surface area contributed by atoms with Crippen LogP contribution in [0.5, 0.6) is 0 Å². The molecular formula is C30H42N6O5S2. The highest BCUT2D eigenvalue weighted by atomic mass is 32.1. The van der Waals surface area contributed by atoms with E-state index < -0.39 is 0 Å². The first-order chi connectivity index (χ1) is 20.7. The van der Waals surface area contributed by atoms with Crippen LogP contribution in [-0.2, 0) is 24.0 Å². The van der Waals surface area contributed by atoms with E-state index in [0.717, 1.165) is 75.6 Å². The molecular weight excluding hydrogens is 589 g/mol. The predicted molar refractivity (Wildman–Crippen MR) is 172 cm³/mol. The molecule has 1 amide bonds. The molecule has 0 spiro atoms. The fraction of sp³-hybridized carbons (Fsp3) is 0.500. The summed E-state index contributed by atoms with van der Waals surface area (Å²) in [5.41, 5.74) is 4.12. The van der Waals surface area contributed by atoms with E-state index in [1.54, 1.807) is 36.5 Å². The number of likely N-dealkylation sites (tertiary alicyclic amines) is 1. The lowest BCUT2D eigenvalue weighted by molar-refractivity contribution is -0.128. The third-order valence-electron chi connectivity index (χ3n) is 6.19. The number of carbonyl (C=O) groups excluding carboxylic acids is 3. The normalized spacial score (nSPS) is 15.0. The summed E-state index contributed by atoms with van der Waals surface area (Å²) in [4.78, 5) is 52.6. The molecule has 3 aromatic rings. The summed E-state index contributed by atoms with van der Waals surface area (Å²) in [6, 6.07) is 4.21. The second kappa shape index (κ2) is 19.5. The number of rotatable bonds is 12. The maximum atomic E-state index is 11.1. The van der Waals surface area contributed by atoms with Crippen LogP contribution in [-0.4, -0.2) is 70.0 Å². The number of ether oxygens (including phenoxy) is 1. The molecule has 1 fully saturated rings. The highest BCUT2D eigenvalue weighted by Gasteiger charge is 2.24. The minimum atomic E-state index is 0.0507. The quantitative estimate of drug-likeness (QED) is 0.181. The lowest BCUT2D eigenvalue weighted by Gasteiger charge is -2.33. The molecule has 11 nitrogen and oxygen atoms in total. The molecule has 1 saturated heterocycles. The number of pyridine rings is 1. The minimum absolute atomic E-state index is 0.0507. The number of nitrogens with one attached hydrogen (secondary N) is 1. The van der Waals surface area contributed by atoms with Gasteiger partial charge < -0.3 is 19.8 Å². The lowest BCUT2D eigenvalue weighted by Crippen LogP contribution is -2.41. The molecule has 1 aliphatic rings. The number of oxime groups is 1. The number of nitrogens with zero attached hydrogens (tertiary/aromatic N) is 5. The van der Waals surface area contributed by atoms with Crippen molar-refractivity contribution in [3.8, 4) is 10.6 Å². The average Bonchev–Trinajstić information content (AvgIpc) is 3.60. The van der Waals surface area contributed by atoms with Crippen molar-refractivity contribution in [3.63, 3.8) is 0 Å². The summed E-state index contributed by atoms with van der Waals surface area (Å²) in [6.45, 7) is 13.4. The largest absolute Gasteiger partial charge is 0.468 e. The number of aromatic nitrogens is 3. The molecule has 1 N–H and O–H groups in total. The molecule has 0 aromatic carbocycles. The number of amides is 1. The van der Waals surface area contributed by atoms with Gasteiger partial charge in [-0.2, -0.15) is 0 Å². The Balaban J connectivity index is 0.000000261. The maximum absolute atomic E-state index is 11.1. The summed E-state index contributed by atoms with van der Waals surface area (Å²) in [5.74, 6) is 0.864. The zero-order valence-corrected chi connectivity index (χ0v) is 27.4. The summed E-state index contributed by atoms with van der Waals surface area (Å²) in [7, 11) is 0. The zero-order chi connectivity index (χ0) is 31.6. The summed E-state index contributed by atoms with van der Waals surface area (Å²) in [5, 5.41) is 11.2. The Morgan fingerprint density at radius 3 is 2.53 bits per heavy atom. The van der Waals surface area contributed by atoms with Gasteiger partial charge in [-0.25, -0.2) is 15.0 Å². The molecule has 13 heteroatoms. The first-order valence-electron chi connectivity index (χ1n) is 14.3. The first kappa shape index (κ1) is 35.5. The van der Waals surface area contributed by atoms with Crippen LogP contribution in [0.1, 0.15) is 69.1 Å². The van der Waals surface area contributed by atoms with Crippen molar-refractivity contribution < 1.29 is 24.0 Å². The Hall–Kier alpha value is -3.71. The Bertz CT molecular complexity index is 1310. The van der Waals surface area contributed by atoms with E-state index in [0.29, 0.717) is 26.0 Å².